The predicted octanol–water partition coefficient (Wildman–Crippen LogP) is 4.34. The van der Waals surface area contributed by atoms with Gasteiger partial charge in [0.15, 0.2) is 4.77 Å². The molecule has 1 fully saturated rings. The Labute approximate surface area is 122 Å². The van der Waals surface area contributed by atoms with Gasteiger partial charge in [-0.1, -0.05) is 31.5 Å². The van der Waals surface area contributed by atoms with Gasteiger partial charge in [0.2, 0.25) is 0 Å². The average molecular weight is 297 g/mol. The molecule has 102 valence electrons. The molecule has 1 saturated carbocycles. The second-order valence-electron chi connectivity index (χ2n) is 5.73. The molecule has 2 aromatic rings. The molecule has 0 saturated heterocycles. The lowest BCUT2D eigenvalue weighted by Crippen LogP contribution is -2.51. The number of imidazole rings is 1. The Morgan fingerprint density at radius 2 is 2.21 bits per heavy atom. The average Bonchev–Trinajstić information content (AvgIpc) is 2.68. The number of hydrogen-bond acceptors (Lipinski definition) is 2. The standard InChI is InChI=1S/C14H17ClN2OS/c1-14(2)10(7-11(14)18-3)17-9-6-4-5-8(15)12(9)16-13(17)19/h4-6,10-11H,7H2,1-3H3,(H,16,19). The summed E-state index contributed by atoms with van der Waals surface area (Å²) >= 11 is 11.7. The molecule has 5 heteroatoms. The highest BCUT2D eigenvalue weighted by atomic mass is 35.5. The molecule has 0 amide bonds. The Kier molecular flexibility index (Phi) is 3.00. The Balaban J connectivity index is 2.15. The number of ether oxygens (including phenoxy) is 1. The molecule has 1 heterocycles. The number of hydrogen-bond donors (Lipinski definition) is 1. The number of aromatic nitrogens is 2. The van der Waals surface area contributed by atoms with Crippen LogP contribution in [0.25, 0.3) is 11.0 Å². The zero-order chi connectivity index (χ0) is 13.8. The van der Waals surface area contributed by atoms with E-state index in [1.165, 1.54) is 0 Å². The van der Waals surface area contributed by atoms with Crippen molar-refractivity contribution in [3.05, 3.63) is 28.0 Å². The minimum absolute atomic E-state index is 0.0738. The number of para-hydroxylation sites is 1. The van der Waals surface area contributed by atoms with Crippen LogP contribution >= 0.6 is 23.8 Å². The van der Waals surface area contributed by atoms with E-state index in [2.05, 4.69) is 29.5 Å². The Morgan fingerprint density at radius 3 is 2.84 bits per heavy atom. The van der Waals surface area contributed by atoms with E-state index in [1.807, 2.05) is 12.1 Å². The van der Waals surface area contributed by atoms with Crippen LogP contribution in [0.5, 0.6) is 0 Å². The van der Waals surface area contributed by atoms with E-state index in [1.54, 1.807) is 7.11 Å². The van der Waals surface area contributed by atoms with Crippen LogP contribution in [0.15, 0.2) is 18.2 Å². The lowest BCUT2D eigenvalue weighted by Gasteiger charge is -2.51. The first-order valence-corrected chi connectivity index (χ1v) is 7.17. The molecular weight excluding hydrogens is 280 g/mol. The summed E-state index contributed by atoms with van der Waals surface area (Å²) in [5, 5.41) is 0.711. The summed E-state index contributed by atoms with van der Waals surface area (Å²) in [7, 11) is 1.77. The molecule has 0 aliphatic heterocycles. The highest BCUT2D eigenvalue weighted by Gasteiger charge is 2.50. The van der Waals surface area contributed by atoms with Gasteiger partial charge in [-0.05, 0) is 30.8 Å². The summed E-state index contributed by atoms with van der Waals surface area (Å²) in [4.78, 5) is 3.22. The SMILES string of the molecule is COC1CC(n2c(=S)[nH]c3c(Cl)cccc32)C1(C)C. The van der Waals surface area contributed by atoms with Crippen LogP contribution in [-0.2, 0) is 4.74 Å². The minimum atomic E-state index is 0.0738. The maximum atomic E-state index is 6.22. The smallest absolute Gasteiger partial charge is 0.178 e. The Morgan fingerprint density at radius 1 is 1.47 bits per heavy atom. The summed E-state index contributed by atoms with van der Waals surface area (Å²) in [6.45, 7) is 4.45. The largest absolute Gasteiger partial charge is 0.381 e. The number of benzene rings is 1. The fraction of sp³-hybridized carbons (Fsp3) is 0.500. The summed E-state index contributed by atoms with van der Waals surface area (Å²) in [5.41, 5.74) is 2.07. The van der Waals surface area contributed by atoms with Gasteiger partial charge in [-0.15, -0.1) is 0 Å². The highest BCUT2D eigenvalue weighted by molar-refractivity contribution is 7.71. The van der Waals surface area contributed by atoms with Crippen LogP contribution in [-0.4, -0.2) is 22.8 Å². The number of H-pyrrole nitrogens is 1. The van der Waals surface area contributed by atoms with Crippen LogP contribution in [0.2, 0.25) is 5.02 Å². The van der Waals surface area contributed by atoms with Crippen LogP contribution < -0.4 is 0 Å². The molecule has 1 aliphatic carbocycles. The topological polar surface area (TPSA) is 29.9 Å². The first-order chi connectivity index (χ1) is 8.96. The zero-order valence-electron chi connectivity index (χ0n) is 11.2. The number of nitrogens with one attached hydrogen (secondary N) is 1. The van der Waals surface area contributed by atoms with Crippen LogP contribution in [0, 0.1) is 10.2 Å². The van der Waals surface area contributed by atoms with E-state index in [-0.39, 0.29) is 11.5 Å². The number of methoxy groups -OCH3 is 1. The third-order valence-corrected chi connectivity index (χ3v) is 5.04. The summed E-state index contributed by atoms with van der Waals surface area (Å²) in [6.07, 6.45) is 1.26. The van der Waals surface area contributed by atoms with E-state index >= 15 is 0 Å². The molecule has 3 rings (SSSR count). The number of rotatable bonds is 2. The molecule has 0 radical (unpaired) electrons. The van der Waals surface area contributed by atoms with Gasteiger partial charge in [0.25, 0.3) is 0 Å². The third-order valence-electron chi connectivity index (χ3n) is 4.42. The molecule has 3 nitrogen and oxygen atoms in total. The second kappa shape index (κ2) is 4.33. The monoisotopic (exact) mass is 296 g/mol. The van der Waals surface area contributed by atoms with Gasteiger partial charge in [0, 0.05) is 18.6 Å². The van der Waals surface area contributed by atoms with Crippen molar-refractivity contribution in [2.45, 2.75) is 32.4 Å². The van der Waals surface area contributed by atoms with Gasteiger partial charge in [0.1, 0.15) is 0 Å². The van der Waals surface area contributed by atoms with Crippen molar-refractivity contribution in [1.29, 1.82) is 0 Å². The van der Waals surface area contributed by atoms with Gasteiger partial charge in [-0.3, -0.25) is 0 Å². The summed E-state index contributed by atoms with van der Waals surface area (Å²) < 4.78 is 8.44. The first kappa shape index (κ1) is 13.2. The van der Waals surface area contributed by atoms with E-state index in [4.69, 9.17) is 28.6 Å². The van der Waals surface area contributed by atoms with E-state index in [9.17, 15) is 0 Å². The minimum Gasteiger partial charge on any atom is -0.381 e. The van der Waals surface area contributed by atoms with Crippen LogP contribution in [0.1, 0.15) is 26.3 Å². The fourth-order valence-electron chi connectivity index (χ4n) is 3.13. The molecule has 0 bridgehead atoms. The summed E-state index contributed by atoms with van der Waals surface area (Å²) in [6, 6.07) is 6.24. The summed E-state index contributed by atoms with van der Waals surface area (Å²) in [5.74, 6) is 0. The van der Waals surface area contributed by atoms with Crippen molar-refractivity contribution in [2.24, 2.45) is 5.41 Å². The lowest BCUT2D eigenvalue weighted by atomic mass is 9.64. The van der Waals surface area contributed by atoms with E-state index < -0.39 is 0 Å². The van der Waals surface area contributed by atoms with Crippen molar-refractivity contribution in [3.8, 4) is 0 Å². The molecule has 1 aromatic carbocycles. The fourth-order valence-corrected chi connectivity index (χ4v) is 3.67. The third kappa shape index (κ3) is 1.77. The number of halogens is 1. The molecule has 19 heavy (non-hydrogen) atoms. The Bertz CT molecular complexity index is 688. The van der Waals surface area contributed by atoms with Gasteiger partial charge in [-0.2, -0.15) is 0 Å². The second-order valence-corrected chi connectivity index (χ2v) is 6.53. The van der Waals surface area contributed by atoms with Crippen LogP contribution in [0.4, 0.5) is 0 Å². The van der Waals surface area contributed by atoms with Crippen molar-refractivity contribution >= 4 is 34.9 Å². The van der Waals surface area contributed by atoms with Crippen molar-refractivity contribution < 1.29 is 4.74 Å². The molecule has 0 spiro atoms. The number of fused-ring (bicyclic) bond motifs is 1. The molecule has 2 unspecified atom stereocenters. The van der Waals surface area contributed by atoms with Gasteiger partial charge < -0.3 is 14.3 Å². The Hall–Kier alpha value is -0.840. The molecule has 2 atom stereocenters. The molecular formula is C14H17ClN2OS. The molecule has 1 aliphatic rings. The number of nitrogens with zero attached hydrogens (tertiary/aromatic N) is 1. The lowest BCUT2D eigenvalue weighted by molar-refractivity contribution is -0.111. The maximum absolute atomic E-state index is 6.22. The van der Waals surface area contributed by atoms with Crippen molar-refractivity contribution in [3.63, 3.8) is 0 Å². The maximum Gasteiger partial charge on any atom is 0.178 e. The number of aromatic amines is 1. The van der Waals surface area contributed by atoms with E-state index in [0.717, 1.165) is 22.2 Å². The first-order valence-electron chi connectivity index (χ1n) is 6.38. The van der Waals surface area contributed by atoms with Gasteiger partial charge >= 0.3 is 0 Å². The molecule has 1 N–H and O–H groups in total. The van der Waals surface area contributed by atoms with Gasteiger partial charge in [0.05, 0.1) is 22.2 Å². The van der Waals surface area contributed by atoms with Gasteiger partial charge in [-0.25, -0.2) is 0 Å². The van der Waals surface area contributed by atoms with Crippen LogP contribution in [0.3, 0.4) is 0 Å². The molecule has 1 aromatic heterocycles. The zero-order valence-corrected chi connectivity index (χ0v) is 12.8. The normalized spacial score (nSPS) is 25.5. The quantitative estimate of drug-likeness (QED) is 0.836. The van der Waals surface area contributed by atoms with Crippen molar-refractivity contribution in [2.75, 3.05) is 7.11 Å². The predicted molar refractivity (Wildman–Crippen MR) is 80.4 cm³/mol. The highest BCUT2D eigenvalue weighted by Crippen LogP contribution is 2.52. The van der Waals surface area contributed by atoms with Crippen molar-refractivity contribution in [1.82, 2.24) is 9.55 Å². The van der Waals surface area contributed by atoms with E-state index in [0.29, 0.717) is 11.1 Å².